The van der Waals surface area contributed by atoms with E-state index in [0.717, 1.165) is 24.2 Å². The standard InChI is InChI=1S/C18H26N6O2/c1-4-23-16(8-13(20-23)7-12(2)3)18(25)22-6-5-15-17(10-22)26-11-14-9-19-21-24(14)15/h8-9,12,15,17H,4-7,10-11H2,1-3H3/t15-,17-/m0/s1. The summed E-state index contributed by atoms with van der Waals surface area (Å²) in [6, 6.07) is 2.12. The highest BCUT2D eigenvalue weighted by molar-refractivity contribution is 5.92. The van der Waals surface area contributed by atoms with Crippen molar-refractivity contribution in [2.45, 2.75) is 58.9 Å². The number of fused-ring (bicyclic) bond motifs is 3. The van der Waals surface area contributed by atoms with Crippen molar-refractivity contribution in [2.24, 2.45) is 5.92 Å². The number of carbonyl (C=O) groups is 1. The molecule has 8 nitrogen and oxygen atoms in total. The molecule has 140 valence electrons. The normalized spacial score (nSPS) is 22.4. The van der Waals surface area contributed by atoms with Crippen LogP contribution in [0.4, 0.5) is 0 Å². The molecule has 0 unspecified atom stereocenters. The molecule has 26 heavy (non-hydrogen) atoms. The van der Waals surface area contributed by atoms with Crippen LogP contribution in [0.1, 0.15) is 55.1 Å². The second-order valence-corrected chi connectivity index (χ2v) is 7.56. The molecule has 4 heterocycles. The average Bonchev–Trinajstić information content (AvgIpc) is 3.26. The fraction of sp³-hybridized carbons (Fsp3) is 0.667. The van der Waals surface area contributed by atoms with Crippen molar-refractivity contribution in [1.82, 2.24) is 29.7 Å². The van der Waals surface area contributed by atoms with E-state index in [2.05, 4.69) is 29.3 Å². The number of rotatable bonds is 4. The molecular weight excluding hydrogens is 332 g/mol. The number of aryl methyl sites for hydroxylation is 1. The van der Waals surface area contributed by atoms with Crippen molar-refractivity contribution in [3.05, 3.63) is 29.3 Å². The van der Waals surface area contributed by atoms with Gasteiger partial charge in [-0.15, -0.1) is 5.10 Å². The Hall–Kier alpha value is -2.22. The minimum absolute atomic E-state index is 0.0324. The van der Waals surface area contributed by atoms with E-state index in [9.17, 15) is 4.79 Å². The molecule has 0 N–H and O–H groups in total. The predicted molar refractivity (Wildman–Crippen MR) is 94.6 cm³/mol. The van der Waals surface area contributed by atoms with E-state index in [4.69, 9.17) is 4.74 Å². The first kappa shape index (κ1) is 17.2. The molecule has 0 aliphatic carbocycles. The van der Waals surface area contributed by atoms with Crippen LogP contribution in [0.2, 0.25) is 0 Å². The number of hydrogen-bond donors (Lipinski definition) is 0. The molecule has 1 fully saturated rings. The zero-order valence-electron chi connectivity index (χ0n) is 15.6. The first-order chi connectivity index (χ1) is 12.6. The Kier molecular flexibility index (Phi) is 4.52. The van der Waals surface area contributed by atoms with Gasteiger partial charge in [-0.1, -0.05) is 19.1 Å². The fourth-order valence-corrected chi connectivity index (χ4v) is 3.94. The number of nitrogens with zero attached hydrogens (tertiary/aromatic N) is 6. The van der Waals surface area contributed by atoms with E-state index >= 15 is 0 Å². The number of carbonyl (C=O) groups excluding carboxylic acids is 1. The summed E-state index contributed by atoms with van der Waals surface area (Å²) in [5.41, 5.74) is 2.67. The van der Waals surface area contributed by atoms with Crippen LogP contribution in [0.15, 0.2) is 12.3 Å². The third-order valence-electron chi connectivity index (χ3n) is 5.19. The molecule has 0 saturated carbocycles. The van der Waals surface area contributed by atoms with Gasteiger partial charge in [0.05, 0.1) is 36.3 Å². The summed E-state index contributed by atoms with van der Waals surface area (Å²) >= 11 is 0. The monoisotopic (exact) mass is 358 g/mol. The molecule has 1 amide bonds. The zero-order chi connectivity index (χ0) is 18.3. The minimum Gasteiger partial charge on any atom is -0.368 e. The summed E-state index contributed by atoms with van der Waals surface area (Å²) in [5, 5.41) is 12.8. The Morgan fingerprint density at radius 1 is 1.42 bits per heavy atom. The lowest BCUT2D eigenvalue weighted by Crippen LogP contribution is -2.50. The molecule has 2 aromatic heterocycles. The molecule has 1 saturated heterocycles. The predicted octanol–water partition coefficient (Wildman–Crippen LogP) is 1.68. The molecule has 0 bridgehead atoms. The van der Waals surface area contributed by atoms with Gasteiger partial charge >= 0.3 is 0 Å². The van der Waals surface area contributed by atoms with Crippen molar-refractivity contribution in [3.63, 3.8) is 0 Å². The molecule has 0 aromatic carbocycles. The summed E-state index contributed by atoms with van der Waals surface area (Å²) < 4.78 is 9.77. The van der Waals surface area contributed by atoms with E-state index in [1.807, 2.05) is 27.3 Å². The quantitative estimate of drug-likeness (QED) is 0.831. The van der Waals surface area contributed by atoms with E-state index < -0.39 is 0 Å². The van der Waals surface area contributed by atoms with Gasteiger partial charge in [0.1, 0.15) is 5.69 Å². The number of likely N-dealkylation sites (tertiary alicyclic amines) is 1. The average molecular weight is 358 g/mol. The van der Waals surface area contributed by atoms with Crippen LogP contribution >= 0.6 is 0 Å². The lowest BCUT2D eigenvalue weighted by molar-refractivity contribution is -0.0629. The van der Waals surface area contributed by atoms with Crippen LogP contribution < -0.4 is 0 Å². The second kappa shape index (κ2) is 6.83. The molecule has 2 aromatic rings. The van der Waals surface area contributed by atoms with E-state index in [1.54, 1.807) is 6.20 Å². The van der Waals surface area contributed by atoms with Crippen LogP contribution in [0, 0.1) is 5.92 Å². The second-order valence-electron chi connectivity index (χ2n) is 7.56. The van der Waals surface area contributed by atoms with Crippen molar-refractivity contribution in [1.29, 1.82) is 0 Å². The van der Waals surface area contributed by atoms with Gasteiger partial charge in [0, 0.05) is 19.6 Å². The van der Waals surface area contributed by atoms with Crippen molar-refractivity contribution in [3.8, 4) is 0 Å². The Morgan fingerprint density at radius 2 is 2.27 bits per heavy atom. The maximum Gasteiger partial charge on any atom is 0.272 e. The molecule has 2 atom stereocenters. The lowest BCUT2D eigenvalue weighted by atomic mass is 10.00. The number of hydrogen-bond acceptors (Lipinski definition) is 5. The van der Waals surface area contributed by atoms with E-state index in [0.29, 0.717) is 37.9 Å². The van der Waals surface area contributed by atoms with Gasteiger partial charge in [-0.05, 0) is 31.7 Å². The van der Waals surface area contributed by atoms with Crippen LogP contribution in [0.3, 0.4) is 0 Å². The van der Waals surface area contributed by atoms with Crippen molar-refractivity contribution < 1.29 is 9.53 Å². The largest absolute Gasteiger partial charge is 0.368 e. The van der Waals surface area contributed by atoms with Crippen LogP contribution in [-0.2, 0) is 24.3 Å². The fourth-order valence-electron chi connectivity index (χ4n) is 3.94. The highest BCUT2D eigenvalue weighted by Gasteiger charge is 2.38. The number of aromatic nitrogens is 5. The van der Waals surface area contributed by atoms with Crippen LogP contribution in [0.5, 0.6) is 0 Å². The third-order valence-corrected chi connectivity index (χ3v) is 5.19. The van der Waals surface area contributed by atoms with E-state index in [1.165, 1.54) is 0 Å². The Morgan fingerprint density at radius 3 is 3.04 bits per heavy atom. The summed E-state index contributed by atoms with van der Waals surface area (Å²) in [6.07, 6.45) is 3.43. The molecule has 0 radical (unpaired) electrons. The van der Waals surface area contributed by atoms with Gasteiger partial charge in [0.25, 0.3) is 5.91 Å². The summed E-state index contributed by atoms with van der Waals surface area (Å²) in [6.45, 7) is 8.81. The van der Waals surface area contributed by atoms with E-state index in [-0.39, 0.29) is 18.1 Å². The Bertz CT molecular complexity index is 795. The topological polar surface area (TPSA) is 78.1 Å². The molecule has 2 aliphatic heterocycles. The Labute approximate surface area is 153 Å². The van der Waals surface area contributed by atoms with Crippen LogP contribution in [-0.4, -0.2) is 54.8 Å². The maximum absolute atomic E-state index is 13.1. The minimum atomic E-state index is -0.0324. The number of ether oxygens (including phenoxy) is 1. The van der Waals surface area contributed by atoms with Crippen molar-refractivity contribution in [2.75, 3.05) is 13.1 Å². The Balaban J connectivity index is 1.51. The molecule has 0 spiro atoms. The highest BCUT2D eigenvalue weighted by atomic mass is 16.5. The SMILES string of the molecule is CCn1nc(CC(C)C)cc1C(=O)N1CC[C@H]2[C@H](C1)OCc1cnnn12. The first-order valence-corrected chi connectivity index (χ1v) is 9.43. The molecule has 4 rings (SSSR count). The number of amides is 1. The summed E-state index contributed by atoms with van der Waals surface area (Å²) in [4.78, 5) is 15.0. The van der Waals surface area contributed by atoms with Crippen molar-refractivity contribution >= 4 is 5.91 Å². The van der Waals surface area contributed by atoms with Gasteiger partial charge in [0.2, 0.25) is 0 Å². The third kappa shape index (κ3) is 3.02. The van der Waals surface area contributed by atoms with Gasteiger partial charge in [0.15, 0.2) is 0 Å². The van der Waals surface area contributed by atoms with Gasteiger partial charge in [-0.3, -0.25) is 9.48 Å². The zero-order valence-corrected chi connectivity index (χ0v) is 15.6. The van der Waals surface area contributed by atoms with Gasteiger partial charge < -0.3 is 9.64 Å². The van der Waals surface area contributed by atoms with Gasteiger partial charge in [-0.25, -0.2) is 4.68 Å². The molecule has 2 aliphatic rings. The highest BCUT2D eigenvalue weighted by Crippen LogP contribution is 2.31. The summed E-state index contributed by atoms with van der Waals surface area (Å²) in [7, 11) is 0. The summed E-state index contributed by atoms with van der Waals surface area (Å²) in [5.74, 6) is 0.558. The first-order valence-electron chi connectivity index (χ1n) is 9.43. The molecule has 8 heteroatoms. The smallest absolute Gasteiger partial charge is 0.272 e. The molecular formula is C18H26N6O2. The maximum atomic E-state index is 13.1. The lowest BCUT2D eigenvalue weighted by Gasteiger charge is -2.40. The number of piperidine rings is 1. The van der Waals surface area contributed by atoms with Crippen LogP contribution in [0.25, 0.3) is 0 Å². The van der Waals surface area contributed by atoms with Gasteiger partial charge in [-0.2, -0.15) is 5.10 Å².